The van der Waals surface area contributed by atoms with E-state index in [1.807, 2.05) is 38.1 Å². The zero-order valence-corrected chi connectivity index (χ0v) is 18.8. The molecule has 0 saturated heterocycles. The minimum Gasteiger partial charge on any atom is -0.491 e. The molecule has 0 bridgehead atoms. The number of guanidine groups is 1. The Bertz CT molecular complexity index is 927. The van der Waals surface area contributed by atoms with Crippen molar-refractivity contribution in [1.82, 2.24) is 10.6 Å². The van der Waals surface area contributed by atoms with Crippen LogP contribution in [0.2, 0.25) is 0 Å². The molecule has 31 heavy (non-hydrogen) atoms. The molecule has 0 aromatic heterocycles. The van der Waals surface area contributed by atoms with E-state index in [1.54, 1.807) is 11.9 Å². The van der Waals surface area contributed by atoms with Gasteiger partial charge in [-0.25, -0.2) is 0 Å². The van der Waals surface area contributed by atoms with Crippen molar-refractivity contribution >= 4 is 17.6 Å². The van der Waals surface area contributed by atoms with Crippen LogP contribution in [0.15, 0.2) is 47.5 Å². The van der Waals surface area contributed by atoms with Crippen LogP contribution in [0.4, 0.5) is 5.69 Å². The van der Waals surface area contributed by atoms with E-state index in [9.17, 15) is 4.79 Å². The molecule has 2 aromatic carbocycles. The summed E-state index contributed by atoms with van der Waals surface area (Å²) in [6, 6.07) is 13.9. The van der Waals surface area contributed by atoms with Crippen molar-refractivity contribution in [3.63, 3.8) is 0 Å². The average molecular weight is 425 g/mol. The molecule has 0 radical (unpaired) electrons. The lowest BCUT2D eigenvalue weighted by Gasteiger charge is -2.29. The largest absolute Gasteiger partial charge is 0.491 e. The van der Waals surface area contributed by atoms with Gasteiger partial charge in [0.1, 0.15) is 11.5 Å². The van der Waals surface area contributed by atoms with Gasteiger partial charge in [0.25, 0.3) is 5.91 Å². The zero-order chi connectivity index (χ0) is 22.2. The van der Waals surface area contributed by atoms with E-state index in [0.29, 0.717) is 25.6 Å². The van der Waals surface area contributed by atoms with Crippen LogP contribution in [-0.4, -0.2) is 44.7 Å². The van der Waals surface area contributed by atoms with Crippen LogP contribution < -0.4 is 25.0 Å². The highest BCUT2D eigenvalue weighted by atomic mass is 16.5. The third-order valence-corrected chi connectivity index (χ3v) is 4.91. The molecule has 1 amide bonds. The lowest BCUT2D eigenvalue weighted by Crippen LogP contribution is -2.42. The number of rotatable bonds is 8. The Labute approximate surface area is 184 Å². The number of benzene rings is 2. The molecule has 0 atom stereocenters. The summed E-state index contributed by atoms with van der Waals surface area (Å²) in [7, 11) is 1.75. The molecule has 0 fully saturated rings. The Kier molecular flexibility index (Phi) is 7.76. The van der Waals surface area contributed by atoms with Crippen LogP contribution in [0, 0.1) is 6.92 Å². The van der Waals surface area contributed by atoms with Gasteiger partial charge >= 0.3 is 0 Å². The van der Waals surface area contributed by atoms with E-state index in [-0.39, 0.29) is 18.6 Å². The molecule has 0 unspecified atom stereocenters. The molecule has 7 heteroatoms. The monoisotopic (exact) mass is 424 g/mol. The highest BCUT2D eigenvalue weighted by Crippen LogP contribution is 2.31. The number of ether oxygens (including phenoxy) is 2. The van der Waals surface area contributed by atoms with Gasteiger partial charge in [-0.3, -0.25) is 9.79 Å². The minimum atomic E-state index is -0.0155. The number of hydrogen-bond donors (Lipinski definition) is 2. The van der Waals surface area contributed by atoms with E-state index in [1.165, 1.54) is 5.56 Å². The predicted molar refractivity (Wildman–Crippen MR) is 124 cm³/mol. The summed E-state index contributed by atoms with van der Waals surface area (Å²) >= 11 is 0. The Morgan fingerprint density at radius 2 is 2.03 bits per heavy atom. The number of aliphatic imine (C=N–C) groups is 1. The average Bonchev–Trinajstić information content (AvgIpc) is 2.75. The number of aryl methyl sites for hydroxylation is 1. The van der Waals surface area contributed by atoms with Crippen molar-refractivity contribution in [3.05, 3.63) is 53.6 Å². The molecule has 1 aliphatic heterocycles. The summed E-state index contributed by atoms with van der Waals surface area (Å²) in [6.07, 6.45) is 0.901. The number of nitrogens with one attached hydrogen (secondary N) is 2. The highest BCUT2D eigenvalue weighted by Gasteiger charge is 2.24. The van der Waals surface area contributed by atoms with Crippen molar-refractivity contribution in [2.24, 2.45) is 4.99 Å². The zero-order valence-electron chi connectivity index (χ0n) is 18.8. The number of hydrogen-bond acceptors (Lipinski definition) is 4. The summed E-state index contributed by atoms with van der Waals surface area (Å²) in [6.45, 7) is 8.11. The predicted octanol–water partition coefficient (Wildman–Crippen LogP) is 3.26. The minimum absolute atomic E-state index is 0.0155. The van der Waals surface area contributed by atoms with E-state index >= 15 is 0 Å². The quantitative estimate of drug-likeness (QED) is 0.387. The van der Waals surface area contributed by atoms with Crippen LogP contribution in [0.25, 0.3) is 0 Å². The number of carbonyl (C=O) groups excluding carboxylic acids is 1. The Morgan fingerprint density at radius 1 is 1.23 bits per heavy atom. The van der Waals surface area contributed by atoms with Crippen molar-refractivity contribution in [2.45, 2.75) is 39.8 Å². The summed E-state index contributed by atoms with van der Waals surface area (Å²) in [5, 5.41) is 6.66. The molecule has 3 rings (SSSR count). The molecule has 2 aromatic rings. The fourth-order valence-electron chi connectivity index (χ4n) is 3.41. The third-order valence-electron chi connectivity index (χ3n) is 4.91. The van der Waals surface area contributed by atoms with E-state index in [2.05, 4.69) is 40.7 Å². The molecule has 0 saturated carbocycles. The van der Waals surface area contributed by atoms with Crippen LogP contribution >= 0.6 is 0 Å². The molecule has 2 N–H and O–H groups in total. The van der Waals surface area contributed by atoms with Crippen molar-refractivity contribution in [2.75, 3.05) is 31.6 Å². The van der Waals surface area contributed by atoms with E-state index in [4.69, 9.17) is 9.47 Å². The first kappa shape index (κ1) is 22.5. The Hall–Kier alpha value is -3.22. The van der Waals surface area contributed by atoms with Gasteiger partial charge in [0.2, 0.25) is 0 Å². The molecule has 0 spiro atoms. The standard InChI is InChI=1S/C24H32N4O3/c1-17(2)31-22-14-18(3)10-11-19(22)15-27-24(25-4)26-12-7-13-28-20-8-5-6-9-21(20)30-16-23(28)29/h5-6,8-11,14,17H,7,12-13,15-16H2,1-4H3,(H2,25,26,27). The molecule has 0 aliphatic carbocycles. The lowest BCUT2D eigenvalue weighted by molar-refractivity contribution is -0.121. The summed E-state index contributed by atoms with van der Waals surface area (Å²) < 4.78 is 11.4. The fourth-order valence-corrected chi connectivity index (χ4v) is 3.41. The highest BCUT2D eigenvalue weighted by molar-refractivity contribution is 5.97. The topological polar surface area (TPSA) is 75.2 Å². The van der Waals surface area contributed by atoms with Gasteiger partial charge in [0.05, 0.1) is 11.8 Å². The lowest BCUT2D eigenvalue weighted by atomic mass is 10.1. The van der Waals surface area contributed by atoms with Gasteiger partial charge in [0.15, 0.2) is 12.6 Å². The SMILES string of the molecule is CN=C(NCCCN1C(=O)COc2ccccc21)NCc1ccc(C)cc1OC(C)C. The smallest absolute Gasteiger partial charge is 0.265 e. The number of carbonyl (C=O) groups is 1. The second-order valence-electron chi connectivity index (χ2n) is 7.79. The Morgan fingerprint density at radius 3 is 2.81 bits per heavy atom. The van der Waals surface area contributed by atoms with Crippen molar-refractivity contribution in [3.8, 4) is 11.5 Å². The molecular weight excluding hydrogens is 392 g/mol. The Balaban J connectivity index is 1.49. The van der Waals surface area contributed by atoms with Gasteiger partial charge in [-0.2, -0.15) is 0 Å². The maximum absolute atomic E-state index is 12.3. The van der Waals surface area contributed by atoms with Crippen LogP contribution in [-0.2, 0) is 11.3 Å². The van der Waals surface area contributed by atoms with Gasteiger partial charge < -0.3 is 25.0 Å². The van der Waals surface area contributed by atoms with Crippen molar-refractivity contribution in [1.29, 1.82) is 0 Å². The molecule has 166 valence electrons. The van der Waals surface area contributed by atoms with Gasteiger partial charge in [-0.15, -0.1) is 0 Å². The molecular formula is C24H32N4O3. The first-order valence-corrected chi connectivity index (χ1v) is 10.7. The second-order valence-corrected chi connectivity index (χ2v) is 7.79. The number of anilines is 1. The van der Waals surface area contributed by atoms with Gasteiger partial charge in [0, 0.05) is 32.2 Å². The van der Waals surface area contributed by atoms with Crippen LogP contribution in [0.3, 0.4) is 0 Å². The van der Waals surface area contributed by atoms with Crippen LogP contribution in [0.5, 0.6) is 11.5 Å². The van der Waals surface area contributed by atoms with Crippen LogP contribution in [0.1, 0.15) is 31.4 Å². The summed E-state index contributed by atoms with van der Waals surface area (Å²) in [4.78, 5) is 18.4. The van der Waals surface area contributed by atoms with Crippen molar-refractivity contribution < 1.29 is 14.3 Å². The molecule has 1 aliphatic rings. The van der Waals surface area contributed by atoms with E-state index in [0.717, 1.165) is 29.2 Å². The first-order chi connectivity index (χ1) is 15.0. The van der Waals surface area contributed by atoms with Gasteiger partial charge in [-0.05, 0) is 51.0 Å². The summed E-state index contributed by atoms with van der Waals surface area (Å²) in [5.74, 6) is 2.34. The molecule has 7 nitrogen and oxygen atoms in total. The fraction of sp³-hybridized carbons (Fsp3) is 0.417. The number of fused-ring (bicyclic) bond motifs is 1. The normalized spacial score (nSPS) is 13.6. The number of para-hydroxylation sites is 2. The number of amides is 1. The maximum Gasteiger partial charge on any atom is 0.265 e. The first-order valence-electron chi connectivity index (χ1n) is 10.7. The summed E-state index contributed by atoms with van der Waals surface area (Å²) in [5.41, 5.74) is 3.08. The second kappa shape index (κ2) is 10.7. The third kappa shape index (κ3) is 6.13. The number of nitrogens with zero attached hydrogens (tertiary/aromatic N) is 2. The maximum atomic E-state index is 12.3. The van der Waals surface area contributed by atoms with Gasteiger partial charge in [-0.1, -0.05) is 24.3 Å². The molecule has 1 heterocycles. The van der Waals surface area contributed by atoms with E-state index < -0.39 is 0 Å².